The number of nitrogens with zero attached hydrogens (tertiary/aromatic N) is 1. The summed E-state index contributed by atoms with van der Waals surface area (Å²) in [7, 11) is 1.50. The highest BCUT2D eigenvalue weighted by Gasteiger charge is 2.54. The Morgan fingerprint density at radius 1 is 1.16 bits per heavy atom. The van der Waals surface area contributed by atoms with Gasteiger partial charge in [0.15, 0.2) is 0 Å². The first-order valence-corrected chi connectivity index (χ1v) is 9.93. The van der Waals surface area contributed by atoms with E-state index in [1.54, 1.807) is 6.08 Å². The molecule has 0 unspecified atom stereocenters. The number of amides is 2. The normalized spacial score (nSPS) is 33.7. The van der Waals surface area contributed by atoms with Gasteiger partial charge in [0, 0.05) is 19.2 Å². The molecule has 2 N–H and O–H groups in total. The molecule has 25 heavy (non-hydrogen) atoms. The van der Waals surface area contributed by atoms with Crippen LogP contribution in [0.2, 0.25) is 0 Å². The van der Waals surface area contributed by atoms with Crippen molar-refractivity contribution >= 4 is 6.03 Å². The zero-order valence-electron chi connectivity index (χ0n) is 15.5. The van der Waals surface area contributed by atoms with E-state index >= 15 is 0 Å². The molecule has 0 aliphatic heterocycles. The summed E-state index contributed by atoms with van der Waals surface area (Å²) in [6, 6.07) is -0.243. The van der Waals surface area contributed by atoms with Gasteiger partial charge in [0.25, 0.3) is 0 Å². The third-order valence-electron chi connectivity index (χ3n) is 6.58. The molecule has 0 aromatic rings. The summed E-state index contributed by atoms with van der Waals surface area (Å²) in [4.78, 5) is 14.2. The Hall–Kier alpha value is -1.10. The minimum absolute atomic E-state index is 0.0467. The van der Waals surface area contributed by atoms with E-state index in [1.807, 2.05) is 4.90 Å². The Morgan fingerprint density at radius 3 is 2.28 bits per heavy atom. The van der Waals surface area contributed by atoms with Gasteiger partial charge in [0.1, 0.15) is 5.83 Å². The van der Waals surface area contributed by atoms with Gasteiger partial charge < -0.3 is 15.4 Å². The van der Waals surface area contributed by atoms with E-state index < -0.39 is 0 Å². The molecule has 4 bridgehead atoms. The molecule has 4 fully saturated rings. The molecule has 0 spiro atoms. The summed E-state index contributed by atoms with van der Waals surface area (Å²) in [5.41, 5.74) is 5.83. The molecular weight excluding hydrogens is 319 g/mol. The van der Waals surface area contributed by atoms with Gasteiger partial charge in [-0.25, -0.2) is 9.18 Å². The van der Waals surface area contributed by atoms with Gasteiger partial charge >= 0.3 is 6.03 Å². The lowest BCUT2D eigenvalue weighted by molar-refractivity contribution is -0.0694. The highest BCUT2D eigenvalue weighted by atomic mass is 19.1. The number of carbonyl (C=O) groups excluding carboxylic acids is 1. The van der Waals surface area contributed by atoms with Crippen LogP contribution in [-0.4, -0.2) is 36.7 Å². The lowest BCUT2D eigenvalue weighted by Gasteiger charge is -2.60. The number of unbranched alkanes of at least 4 members (excludes halogenated alkanes) is 3. The van der Waals surface area contributed by atoms with E-state index in [2.05, 4.69) is 0 Å². The Balaban J connectivity index is 1.48. The summed E-state index contributed by atoms with van der Waals surface area (Å²) in [6.07, 6.45) is 12.8. The molecule has 0 heterocycles. The van der Waals surface area contributed by atoms with Crippen molar-refractivity contribution in [3.63, 3.8) is 0 Å². The third-order valence-corrected chi connectivity index (χ3v) is 6.58. The van der Waals surface area contributed by atoms with Crippen LogP contribution in [0.15, 0.2) is 11.9 Å². The molecule has 0 saturated heterocycles. The van der Waals surface area contributed by atoms with Gasteiger partial charge in [-0.15, -0.1) is 0 Å². The van der Waals surface area contributed by atoms with E-state index in [0.717, 1.165) is 69.2 Å². The van der Waals surface area contributed by atoms with Crippen LogP contribution in [0, 0.1) is 17.8 Å². The predicted octanol–water partition coefficient (Wildman–Crippen LogP) is 4.40. The maximum Gasteiger partial charge on any atom is 0.315 e. The van der Waals surface area contributed by atoms with Gasteiger partial charge in [0.2, 0.25) is 0 Å². The minimum Gasteiger partial charge on any atom is -0.378 e. The van der Waals surface area contributed by atoms with E-state index in [-0.39, 0.29) is 24.0 Å². The van der Waals surface area contributed by atoms with Gasteiger partial charge in [-0.1, -0.05) is 12.5 Å². The van der Waals surface area contributed by atoms with Crippen molar-refractivity contribution in [3.8, 4) is 0 Å². The highest BCUT2D eigenvalue weighted by Crippen LogP contribution is 2.57. The maximum absolute atomic E-state index is 13.2. The van der Waals surface area contributed by atoms with E-state index in [9.17, 15) is 9.18 Å². The van der Waals surface area contributed by atoms with Crippen molar-refractivity contribution in [2.75, 3.05) is 20.3 Å². The fraction of sp³-hybridized carbons (Fsp3) is 0.850. The molecule has 4 aliphatic carbocycles. The van der Waals surface area contributed by atoms with Gasteiger partial charge in [-0.3, -0.25) is 0 Å². The van der Waals surface area contributed by atoms with Crippen LogP contribution < -0.4 is 5.73 Å². The number of urea groups is 1. The molecule has 142 valence electrons. The van der Waals surface area contributed by atoms with Crippen molar-refractivity contribution in [3.05, 3.63) is 11.9 Å². The smallest absolute Gasteiger partial charge is 0.315 e. The number of methoxy groups -OCH3 is 1. The van der Waals surface area contributed by atoms with Crippen LogP contribution >= 0.6 is 0 Å². The molecule has 0 aromatic carbocycles. The zero-order chi connectivity index (χ0) is 17.9. The zero-order valence-corrected chi connectivity index (χ0v) is 15.5. The monoisotopic (exact) mass is 352 g/mol. The Morgan fingerprint density at radius 2 is 1.76 bits per heavy atom. The van der Waals surface area contributed by atoms with E-state index in [0.29, 0.717) is 0 Å². The van der Waals surface area contributed by atoms with Crippen LogP contribution in [0.25, 0.3) is 0 Å². The first kappa shape index (κ1) is 18.7. The van der Waals surface area contributed by atoms with E-state index in [1.165, 1.54) is 26.4 Å². The van der Waals surface area contributed by atoms with Crippen LogP contribution in [0.3, 0.4) is 0 Å². The number of primary amides is 1. The second-order valence-corrected chi connectivity index (χ2v) is 8.57. The molecule has 4 rings (SSSR count). The van der Waals surface area contributed by atoms with Crippen molar-refractivity contribution in [2.45, 2.75) is 69.7 Å². The number of allylic oxidation sites excluding steroid dienone is 1. The van der Waals surface area contributed by atoms with Gasteiger partial charge in [0.05, 0.1) is 6.61 Å². The first-order chi connectivity index (χ1) is 12.0. The number of halogens is 1. The Bertz CT molecular complexity index is 471. The number of hydrogen-bond acceptors (Lipinski definition) is 2. The lowest BCUT2D eigenvalue weighted by atomic mass is 9.52. The molecule has 4 saturated carbocycles. The van der Waals surface area contributed by atoms with Crippen LogP contribution in [0.4, 0.5) is 9.18 Å². The summed E-state index contributed by atoms with van der Waals surface area (Å²) >= 11 is 0. The predicted molar refractivity (Wildman–Crippen MR) is 96.7 cm³/mol. The summed E-state index contributed by atoms with van der Waals surface area (Å²) in [5, 5.41) is 0. The molecule has 0 radical (unpaired) electrons. The molecule has 5 heteroatoms. The molecule has 0 atom stereocenters. The maximum atomic E-state index is 13.2. The van der Waals surface area contributed by atoms with Gasteiger partial charge in [-0.2, -0.15) is 0 Å². The number of hydrogen-bond donors (Lipinski definition) is 1. The molecule has 2 amide bonds. The van der Waals surface area contributed by atoms with Crippen molar-refractivity contribution in [1.29, 1.82) is 0 Å². The fourth-order valence-electron chi connectivity index (χ4n) is 6.02. The number of carbonyl (C=O) groups is 1. The van der Waals surface area contributed by atoms with Crippen molar-refractivity contribution in [2.24, 2.45) is 23.5 Å². The van der Waals surface area contributed by atoms with E-state index in [4.69, 9.17) is 10.5 Å². The highest BCUT2D eigenvalue weighted by molar-refractivity contribution is 5.73. The summed E-state index contributed by atoms with van der Waals surface area (Å²) < 4.78 is 18.0. The summed E-state index contributed by atoms with van der Waals surface area (Å²) in [5.74, 6) is 2.22. The summed E-state index contributed by atoms with van der Waals surface area (Å²) in [6.45, 7) is 0.813. The standard InChI is InChI=1S/C20H33FN2O2/c1-25-14-18(21)6-4-2-3-5-7-23(19(22)24)20-11-15-8-16(12-20)10-17(9-15)13-20/h6,15-17H,2-5,7-14H2,1H3,(H2,22,24). The Labute approximate surface area is 151 Å². The average Bonchev–Trinajstić information content (AvgIpc) is 2.52. The van der Waals surface area contributed by atoms with Crippen LogP contribution in [0.5, 0.6) is 0 Å². The van der Waals surface area contributed by atoms with Gasteiger partial charge in [-0.05, 0) is 75.5 Å². The molecule has 0 aromatic heterocycles. The largest absolute Gasteiger partial charge is 0.378 e. The molecular formula is C20H33FN2O2. The SMILES string of the molecule is COCC(F)=CCCCCCN(C(N)=O)C12CC3CC(CC(C3)C1)C2. The topological polar surface area (TPSA) is 55.6 Å². The first-order valence-electron chi connectivity index (χ1n) is 9.93. The average molecular weight is 352 g/mol. The van der Waals surface area contributed by atoms with Crippen LogP contribution in [0.1, 0.15) is 64.2 Å². The fourth-order valence-corrected chi connectivity index (χ4v) is 6.02. The van der Waals surface area contributed by atoms with Crippen LogP contribution in [-0.2, 0) is 4.74 Å². The Kier molecular flexibility index (Phi) is 6.03. The second kappa shape index (κ2) is 8.07. The number of ether oxygens (including phenoxy) is 1. The minimum atomic E-state index is -0.243. The molecule has 4 aliphatic rings. The number of rotatable bonds is 9. The number of nitrogens with two attached hydrogens (primary N) is 1. The van der Waals surface area contributed by atoms with Crippen molar-refractivity contribution in [1.82, 2.24) is 4.90 Å². The van der Waals surface area contributed by atoms with Crippen molar-refractivity contribution < 1.29 is 13.9 Å². The third kappa shape index (κ3) is 4.36. The molecule has 4 nitrogen and oxygen atoms in total. The second-order valence-electron chi connectivity index (χ2n) is 8.57. The quantitative estimate of drug-likeness (QED) is 0.626. The lowest BCUT2D eigenvalue weighted by Crippen LogP contribution is -2.62.